The van der Waals surface area contributed by atoms with Crippen LogP contribution in [-0.2, 0) is 9.47 Å². The monoisotopic (exact) mass is 213 g/mol. The van der Waals surface area contributed by atoms with E-state index in [4.69, 9.17) is 9.47 Å². The molecule has 1 aliphatic heterocycles. The van der Waals surface area contributed by atoms with Crippen molar-refractivity contribution in [3.05, 3.63) is 0 Å². The van der Waals surface area contributed by atoms with Crippen LogP contribution in [0.4, 0.5) is 0 Å². The normalized spacial score (nSPS) is 32.6. The quantitative estimate of drug-likeness (QED) is 0.703. The maximum Gasteiger partial charge on any atom is 0.104 e. The molecule has 0 aromatic rings. The van der Waals surface area contributed by atoms with Crippen LogP contribution in [0.1, 0.15) is 32.6 Å². The third-order valence-corrected chi connectivity index (χ3v) is 3.58. The van der Waals surface area contributed by atoms with Crippen LogP contribution in [0.3, 0.4) is 0 Å². The Hall–Kier alpha value is -0.120. The summed E-state index contributed by atoms with van der Waals surface area (Å²) in [5.74, 6) is 0.839. The molecule has 0 spiro atoms. The molecule has 3 heteroatoms. The van der Waals surface area contributed by atoms with Gasteiger partial charge in [-0.25, -0.2) is 0 Å². The van der Waals surface area contributed by atoms with Gasteiger partial charge in [0.05, 0.1) is 19.8 Å². The van der Waals surface area contributed by atoms with Crippen molar-refractivity contribution in [3.8, 4) is 0 Å². The minimum Gasteiger partial charge on any atom is -0.376 e. The molecule has 0 amide bonds. The Labute approximate surface area is 92.5 Å². The fourth-order valence-electron chi connectivity index (χ4n) is 2.40. The first kappa shape index (κ1) is 11.4. The van der Waals surface area contributed by atoms with E-state index < -0.39 is 0 Å². The maximum atomic E-state index is 5.62. The molecule has 15 heavy (non-hydrogen) atoms. The van der Waals surface area contributed by atoms with Crippen molar-refractivity contribution >= 4 is 0 Å². The summed E-state index contributed by atoms with van der Waals surface area (Å²) in [4.78, 5) is 0. The molecule has 1 heterocycles. The standard InChI is InChI=1S/C12H23NO2/c1-10-4-2-3-5-12(10)13-6-7-15-11-8-14-9-11/h10-13H,2-9H2,1H3. The first-order valence-electron chi connectivity index (χ1n) is 6.29. The summed E-state index contributed by atoms with van der Waals surface area (Å²) < 4.78 is 10.7. The molecule has 2 rings (SSSR count). The van der Waals surface area contributed by atoms with Crippen molar-refractivity contribution in [3.63, 3.8) is 0 Å². The highest BCUT2D eigenvalue weighted by Crippen LogP contribution is 2.23. The van der Waals surface area contributed by atoms with Gasteiger partial charge in [0.15, 0.2) is 0 Å². The van der Waals surface area contributed by atoms with Crippen LogP contribution in [0.15, 0.2) is 0 Å². The molecule has 88 valence electrons. The topological polar surface area (TPSA) is 30.5 Å². The Morgan fingerprint density at radius 1 is 1.27 bits per heavy atom. The van der Waals surface area contributed by atoms with Gasteiger partial charge in [0, 0.05) is 12.6 Å². The maximum absolute atomic E-state index is 5.62. The number of hydrogen-bond acceptors (Lipinski definition) is 3. The van der Waals surface area contributed by atoms with Gasteiger partial charge in [-0.15, -0.1) is 0 Å². The average molecular weight is 213 g/mol. The second kappa shape index (κ2) is 5.83. The van der Waals surface area contributed by atoms with E-state index in [0.29, 0.717) is 6.10 Å². The van der Waals surface area contributed by atoms with E-state index in [1.807, 2.05) is 0 Å². The van der Waals surface area contributed by atoms with Gasteiger partial charge in [-0.2, -0.15) is 0 Å². The third-order valence-electron chi connectivity index (χ3n) is 3.58. The van der Waals surface area contributed by atoms with Gasteiger partial charge in [0.1, 0.15) is 6.10 Å². The van der Waals surface area contributed by atoms with E-state index in [1.165, 1.54) is 25.7 Å². The predicted octanol–water partition coefficient (Wildman–Crippen LogP) is 1.57. The largest absolute Gasteiger partial charge is 0.376 e. The Morgan fingerprint density at radius 3 is 2.73 bits per heavy atom. The number of ether oxygens (including phenoxy) is 2. The van der Waals surface area contributed by atoms with Crippen LogP contribution in [0.5, 0.6) is 0 Å². The minimum absolute atomic E-state index is 0.371. The van der Waals surface area contributed by atoms with Crippen molar-refractivity contribution < 1.29 is 9.47 Å². The van der Waals surface area contributed by atoms with E-state index in [0.717, 1.165) is 38.3 Å². The SMILES string of the molecule is CC1CCCCC1NCCOC1COC1. The van der Waals surface area contributed by atoms with E-state index in [-0.39, 0.29) is 0 Å². The molecule has 3 nitrogen and oxygen atoms in total. The highest BCUT2D eigenvalue weighted by atomic mass is 16.6. The molecule has 1 aliphatic carbocycles. The van der Waals surface area contributed by atoms with Crippen molar-refractivity contribution in [1.82, 2.24) is 5.32 Å². The van der Waals surface area contributed by atoms with E-state index in [1.54, 1.807) is 0 Å². The van der Waals surface area contributed by atoms with E-state index >= 15 is 0 Å². The van der Waals surface area contributed by atoms with Crippen molar-refractivity contribution in [2.24, 2.45) is 5.92 Å². The van der Waals surface area contributed by atoms with Crippen molar-refractivity contribution in [2.75, 3.05) is 26.4 Å². The summed E-state index contributed by atoms with van der Waals surface area (Å²) in [5.41, 5.74) is 0. The summed E-state index contributed by atoms with van der Waals surface area (Å²) in [6.45, 7) is 5.76. The van der Waals surface area contributed by atoms with Crippen LogP contribution in [0.2, 0.25) is 0 Å². The first-order chi connectivity index (χ1) is 7.36. The van der Waals surface area contributed by atoms with Gasteiger partial charge >= 0.3 is 0 Å². The highest BCUT2D eigenvalue weighted by Gasteiger charge is 2.21. The van der Waals surface area contributed by atoms with Crippen molar-refractivity contribution in [1.29, 1.82) is 0 Å². The van der Waals surface area contributed by atoms with Gasteiger partial charge in [-0.3, -0.25) is 0 Å². The molecule has 0 aromatic heterocycles. The molecule has 1 N–H and O–H groups in total. The predicted molar refractivity (Wildman–Crippen MR) is 60.0 cm³/mol. The molecule has 2 aliphatic rings. The Balaban J connectivity index is 1.52. The van der Waals surface area contributed by atoms with E-state index in [2.05, 4.69) is 12.2 Å². The van der Waals surface area contributed by atoms with Gasteiger partial charge in [-0.05, 0) is 18.8 Å². The first-order valence-corrected chi connectivity index (χ1v) is 6.29. The second-order valence-corrected chi connectivity index (χ2v) is 4.85. The molecule has 0 aromatic carbocycles. The minimum atomic E-state index is 0.371. The van der Waals surface area contributed by atoms with Gasteiger partial charge in [-0.1, -0.05) is 19.8 Å². The van der Waals surface area contributed by atoms with Crippen LogP contribution in [-0.4, -0.2) is 38.5 Å². The molecule has 0 radical (unpaired) electrons. The van der Waals surface area contributed by atoms with Crippen molar-refractivity contribution in [2.45, 2.75) is 44.8 Å². The molecular weight excluding hydrogens is 190 g/mol. The number of hydrogen-bond donors (Lipinski definition) is 1. The summed E-state index contributed by atoms with van der Waals surface area (Å²) in [7, 11) is 0. The Bertz CT molecular complexity index is 182. The lowest BCUT2D eigenvalue weighted by atomic mass is 9.86. The number of rotatable bonds is 5. The zero-order valence-corrected chi connectivity index (χ0v) is 9.71. The zero-order valence-electron chi connectivity index (χ0n) is 9.71. The lowest BCUT2D eigenvalue weighted by molar-refractivity contribution is -0.128. The lowest BCUT2D eigenvalue weighted by Crippen LogP contribution is -2.41. The van der Waals surface area contributed by atoms with Gasteiger partial charge in [0.25, 0.3) is 0 Å². The molecule has 1 saturated heterocycles. The molecule has 2 unspecified atom stereocenters. The fraction of sp³-hybridized carbons (Fsp3) is 1.00. The van der Waals surface area contributed by atoms with Gasteiger partial charge in [0.2, 0.25) is 0 Å². The zero-order chi connectivity index (χ0) is 10.5. The lowest BCUT2D eigenvalue weighted by Gasteiger charge is -2.30. The molecule has 1 saturated carbocycles. The summed E-state index contributed by atoms with van der Waals surface area (Å²) >= 11 is 0. The van der Waals surface area contributed by atoms with Crippen LogP contribution in [0, 0.1) is 5.92 Å². The highest BCUT2D eigenvalue weighted by molar-refractivity contribution is 4.77. The summed E-state index contributed by atoms with van der Waals surface area (Å²) in [6, 6.07) is 0.722. The molecule has 0 bridgehead atoms. The fourth-order valence-corrected chi connectivity index (χ4v) is 2.40. The number of nitrogens with one attached hydrogen (secondary N) is 1. The Morgan fingerprint density at radius 2 is 2.07 bits per heavy atom. The van der Waals surface area contributed by atoms with Crippen LogP contribution < -0.4 is 5.32 Å². The van der Waals surface area contributed by atoms with Gasteiger partial charge < -0.3 is 14.8 Å². The molecular formula is C12H23NO2. The third kappa shape index (κ3) is 3.44. The van der Waals surface area contributed by atoms with E-state index in [9.17, 15) is 0 Å². The molecule has 2 atom stereocenters. The van der Waals surface area contributed by atoms with Crippen LogP contribution in [0.25, 0.3) is 0 Å². The smallest absolute Gasteiger partial charge is 0.104 e. The molecule has 2 fully saturated rings. The average Bonchev–Trinajstić information content (AvgIpc) is 2.17. The van der Waals surface area contributed by atoms with Crippen LogP contribution >= 0.6 is 0 Å². The second-order valence-electron chi connectivity index (χ2n) is 4.85. The Kier molecular flexibility index (Phi) is 4.42. The summed E-state index contributed by atoms with van der Waals surface area (Å²) in [5, 5.41) is 3.61. The summed E-state index contributed by atoms with van der Waals surface area (Å²) in [6.07, 6.45) is 5.90.